The molecule has 0 unspecified atom stereocenters. The van der Waals surface area contributed by atoms with Crippen LogP contribution in [0.2, 0.25) is 5.02 Å². The van der Waals surface area contributed by atoms with Crippen molar-refractivity contribution in [2.45, 2.75) is 6.92 Å². The van der Waals surface area contributed by atoms with Gasteiger partial charge in [0, 0.05) is 52.4 Å². The zero-order valence-corrected chi connectivity index (χ0v) is 18.3. The van der Waals surface area contributed by atoms with Crippen molar-refractivity contribution in [3.63, 3.8) is 0 Å². The summed E-state index contributed by atoms with van der Waals surface area (Å²) in [6.07, 6.45) is 5.37. The summed E-state index contributed by atoms with van der Waals surface area (Å²) in [5, 5.41) is 7.66. The second kappa shape index (κ2) is 8.96. The van der Waals surface area contributed by atoms with Crippen LogP contribution in [0.3, 0.4) is 0 Å². The molecule has 0 aliphatic heterocycles. The Hall–Kier alpha value is -4.08. The first kappa shape index (κ1) is 21.2. The van der Waals surface area contributed by atoms with E-state index in [0.29, 0.717) is 27.7 Å². The quantitative estimate of drug-likeness (QED) is 0.452. The third-order valence-electron chi connectivity index (χ3n) is 4.89. The number of rotatable bonds is 3. The molecule has 4 rings (SSSR count). The Morgan fingerprint density at radius 2 is 1.78 bits per heavy atom. The number of hydrogen-bond donors (Lipinski definition) is 2. The lowest BCUT2D eigenvalue weighted by molar-refractivity contribution is 0.102. The smallest absolute Gasteiger partial charge is 0.255 e. The number of nitrogens with one attached hydrogen (secondary N) is 1. The van der Waals surface area contributed by atoms with Gasteiger partial charge in [-0.3, -0.25) is 9.48 Å². The number of anilines is 2. The molecule has 1 amide bonds. The predicted molar refractivity (Wildman–Crippen MR) is 127 cm³/mol. The monoisotopic (exact) mass is 441 g/mol. The van der Waals surface area contributed by atoms with Crippen LogP contribution < -0.4 is 11.1 Å². The largest absolute Gasteiger partial charge is 0.383 e. The molecule has 0 atom stereocenters. The van der Waals surface area contributed by atoms with E-state index in [4.69, 9.17) is 17.3 Å². The zero-order valence-electron chi connectivity index (χ0n) is 17.6. The molecule has 0 aliphatic rings. The number of hydrogen-bond acceptors (Lipinski definition) is 4. The van der Waals surface area contributed by atoms with E-state index in [1.165, 1.54) is 0 Å². The lowest BCUT2D eigenvalue weighted by atomic mass is 10.1. The first-order chi connectivity index (χ1) is 15.4. The van der Waals surface area contributed by atoms with Crippen LogP contribution in [0, 0.1) is 18.8 Å². The molecule has 0 saturated heterocycles. The van der Waals surface area contributed by atoms with Gasteiger partial charge in [-0.2, -0.15) is 5.10 Å². The Morgan fingerprint density at radius 1 is 1.03 bits per heavy atom. The average molecular weight is 442 g/mol. The van der Waals surface area contributed by atoms with Crippen molar-refractivity contribution in [1.29, 1.82) is 0 Å². The highest BCUT2D eigenvalue weighted by Crippen LogP contribution is 2.21. The molecule has 2 heterocycles. The van der Waals surface area contributed by atoms with Gasteiger partial charge >= 0.3 is 0 Å². The molecule has 4 aromatic rings. The van der Waals surface area contributed by atoms with Gasteiger partial charge in [-0.25, -0.2) is 4.98 Å². The van der Waals surface area contributed by atoms with E-state index in [0.717, 1.165) is 22.3 Å². The number of halogens is 1. The molecule has 0 bridgehead atoms. The van der Waals surface area contributed by atoms with Crippen LogP contribution in [0.15, 0.2) is 67.1 Å². The lowest BCUT2D eigenvalue weighted by Gasteiger charge is -2.07. The van der Waals surface area contributed by atoms with Crippen molar-refractivity contribution >= 4 is 29.0 Å². The molecule has 0 radical (unpaired) electrons. The SMILES string of the molecule is Cc1ccc(NC(=O)c2ccc(Cl)cc2)cc1C#Cc1cc(-c2cnn(C)c2)cnc1N. The molecule has 0 saturated carbocycles. The van der Waals surface area contributed by atoms with Crippen molar-refractivity contribution in [2.24, 2.45) is 7.05 Å². The average Bonchev–Trinajstić information content (AvgIpc) is 3.21. The van der Waals surface area contributed by atoms with E-state index in [-0.39, 0.29) is 5.91 Å². The molecule has 7 heteroatoms. The Balaban J connectivity index is 1.59. The van der Waals surface area contributed by atoms with Crippen LogP contribution >= 0.6 is 11.6 Å². The van der Waals surface area contributed by atoms with Gasteiger partial charge in [0.15, 0.2) is 0 Å². The third-order valence-corrected chi connectivity index (χ3v) is 5.14. The number of pyridine rings is 1. The molecule has 2 aromatic heterocycles. The summed E-state index contributed by atoms with van der Waals surface area (Å²) >= 11 is 5.89. The first-order valence-electron chi connectivity index (χ1n) is 9.83. The standard InChI is InChI=1S/C25H20ClN5O/c1-16-3-10-23(30-25(32)17-6-8-22(26)9-7-17)12-18(16)4-5-19-11-20(13-28-24(19)27)21-14-29-31(2)15-21/h3,6-15H,1-2H3,(H2,27,28)(H,30,32). The minimum absolute atomic E-state index is 0.220. The Bertz CT molecular complexity index is 1360. The van der Waals surface area contributed by atoms with Crippen molar-refractivity contribution in [2.75, 3.05) is 11.1 Å². The van der Waals surface area contributed by atoms with E-state index < -0.39 is 0 Å². The number of carbonyl (C=O) groups is 1. The number of aryl methyl sites for hydroxylation is 2. The Labute approximate surface area is 191 Å². The maximum absolute atomic E-state index is 12.5. The second-order valence-corrected chi connectivity index (χ2v) is 7.74. The van der Waals surface area contributed by atoms with E-state index in [9.17, 15) is 4.79 Å². The van der Waals surface area contributed by atoms with E-state index in [2.05, 4.69) is 27.2 Å². The number of nitrogens with zero attached hydrogens (tertiary/aromatic N) is 3. The highest BCUT2D eigenvalue weighted by atomic mass is 35.5. The number of amides is 1. The minimum Gasteiger partial charge on any atom is -0.383 e. The molecular formula is C25H20ClN5O. The summed E-state index contributed by atoms with van der Waals surface area (Å²) in [6.45, 7) is 1.96. The topological polar surface area (TPSA) is 85.8 Å². The van der Waals surface area contributed by atoms with Crippen LogP contribution in [-0.4, -0.2) is 20.7 Å². The summed E-state index contributed by atoms with van der Waals surface area (Å²) < 4.78 is 1.73. The van der Waals surface area contributed by atoms with Crippen molar-refractivity contribution in [3.05, 3.63) is 94.4 Å². The summed E-state index contributed by atoms with van der Waals surface area (Å²) in [4.78, 5) is 16.8. The molecule has 0 aliphatic carbocycles. The van der Waals surface area contributed by atoms with E-state index >= 15 is 0 Å². The molecule has 2 aromatic carbocycles. The number of aromatic nitrogens is 3. The zero-order chi connectivity index (χ0) is 22.7. The fraction of sp³-hybridized carbons (Fsp3) is 0.0800. The number of nitrogen functional groups attached to an aromatic ring is 1. The fourth-order valence-corrected chi connectivity index (χ4v) is 3.20. The third kappa shape index (κ3) is 4.80. The summed E-state index contributed by atoms with van der Waals surface area (Å²) in [7, 11) is 1.86. The lowest BCUT2D eigenvalue weighted by Crippen LogP contribution is -2.11. The van der Waals surface area contributed by atoms with Crippen LogP contribution in [-0.2, 0) is 7.05 Å². The summed E-state index contributed by atoms with van der Waals surface area (Å²) in [5.74, 6) is 6.40. The number of carbonyl (C=O) groups excluding carboxylic acids is 1. The molecule has 6 nitrogen and oxygen atoms in total. The van der Waals surface area contributed by atoms with Gasteiger partial charge < -0.3 is 11.1 Å². The molecule has 32 heavy (non-hydrogen) atoms. The van der Waals surface area contributed by atoms with Crippen molar-refractivity contribution < 1.29 is 4.79 Å². The van der Waals surface area contributed by atoms with Crippen LogP contribution in [0.25, 0.3) is 11.1 Å². The van der Waals surface area contributed by atoms with Crippen LogP contribution in [0.4, 0.5) is 11.5 Å². The van der Waals surface area contributed by atoms with Gasteiger partial charge in [-0.15, -0.1) is 0 Å². The Morgan fingerprint density at radius 3 is 2.50 bits per heavy atom. The van der Waals surface area contributed by atoms with E-state index in [1.54, 1.807) is 41.3 Å². The molecule has 158 valence electrons. The van der Waals surface area contributed by atoms with Crippen LogP contribution in [0.5, 0.6) is 0 Å². The Kier molecular flexibility index (Phi) is 5.93. The van der Waals surface area contributed by atoms with E-state index in [1.807, 2.05) is 44.4 Å². The maximum atomic E-state index is 12.5. The summed E-state index contributed by atoms with van der Waals surface area (Å²) in [6, 6.07) is 14.2. The normalized spacial score (nSPS) is 10.3. The summed E-state index contributed by atoms with van der Waals surface area (Å²) in [5.41, 5.74) is 11.4. The highest BCUT2D eigenvalue weighted by molar-refractivity contribution is 6.30. The first-order valence-corrected chi connectivity index (χ1v) is 10.2. The molecular weight excluding hydrogens is 422 g/mol. The second-order valence-electron chi connectivity index (χ2n) is 7.30. The molecule has 3 N–H and O–H groups in total. The fourth-order valence-electron chi connectivity index (χ4n) is 3.08. The van der Waals surface area contributed by atoms with Gasteiger partial charge in [0.2, 0.25) is 0 Å². The molecule has 0 spiro atoms. The maximum Gasteiger partial charge on any atom is 0.255 e. The number of nitrogens with two attached hydrogens (primary N) is 1. The van der Waals surface area contributed by atoms with Crippen molar-refractivity contribution in [3.8, 4) is 23.0 Å². The van der Waals surface area contributed by atoms with Crippen molar-refractivity contribution in [1.82, 2.24) is 14.8 Å². The van der Waals surface area contributed by atoms with Crippen LogP contribution in [0.1, 0.15) is 27.0 Å². The van der Waals surface area contributed by atoms with Gasteiger partial charge in [-0.05, 0) is 55.0 Å². The minimum atomic E-state index is -0.220. The van der Waals surface area contributed by atoms with Gasteiger partial charge in [0.1, 0.15) is 5.82 Å². The van der Waals surface area contributed by atoms with Gasteiger partial charge in [0.25, 0.3) is 5.91 Å². The highest BCUT2D eigenvalue weighted by Gasteiger charge is 2.08. The predicted octanol–water partition coefficient (Wildman–Crippen LogP) is 4.68. The number of benzene rings is 2. The molecule has 0 fully saturated rings. The van der Waals surface area contributed by atoms with Gasteiger partial charge in [0.05, 0.1) is 11.8 Å². The van der Waals surface area contributed by atoms with Gasteiger partial charge in [-0.1, -0.05) is 29.5 Å².